The summed E-state index contributed by atoms with van der Waals surface area (Å²) in [4.78, 5) is 16.3. The van der Waals surface area contributed by atoms with E-state index in [0.29, 0.717) is 0 Å². The highest BCUT2D eigenvalue weighted by Gasteiger charge is 2.28. The van der Waals surface area contributed by atoms with E-state index in [9.17, 15) is 26.4 Å². The number of halogens is 3. The standard InChI is InChI=1S/C22H27F3N4O3S/c1-28-10-12-29(13-11-28)15-18-4-2-17(3-5-18)14-27-33(31,32)20-8-6-19(7-9-20)21(30)26-16-22(23,24)25/h2-9,27H,10-16H2,1H3,(H,26,30). The number of hydrogen-bond acceptors (Lipinski definition) is 5. The maximum Gasteiger partial charge on any atom is 0.405 e. The number of nitrogens with zero attached hydrogens (tertiary/aromatic N) is 2. The van der Waals surface area contributed by atoms with Gasteiger partial charge in [0.25, 0.3) is 5.91 Å². The first-order valence-corrected chi connectivity index (χ1v) is 11.9. The topological polar surface area (TPSA) is 81.8 Å². The molecule has 1 amide bonds. The molecule has 2 aromatic rings. The quantitative estimate of drug-likeness (QED) is 0.601. The van der Waals surface area contributed by atoms with Crippen LogP contribution in [0, 0.1) is 0 Å². The maximum atomic E-state index is 12.5. The average molecular weight is 485 g/mol. The van der Waals surface area contributed by atoms with E-state index in [-0.39, 0.29) is 17.0 Å². The minimum Gasteiger partial charge on any atom is -0.343 e. The minimum absolute atomic E-state index is 0.0610. The fourth-order valence-corrected chi connectivity index (χ4v) is 4.37. The lowest BCUT2D eigenvalue weighted by Gasteiger charge is -2.32. The van der Waals surface area contributed by atoms with Gasteiger partial charge in [0.1, 0.15) is 6.54 Å². The van der Waals surface area contributed by atoms with E-state index in [4.69, 9.17) is 0 Å². The summed E-state index contributed by atoms with van der Waals surface area (Å²) < 4.78 is 64.2. The second-order valence-corrected chi connectivity index (χ2v) is 9.81. The van der Waals surface area contributed by atoms with E-state index in [2.05, 4.69) is 21.6 Å². The lowest BCUT2D eigenvalue weighted by atomic mass is 10.1. The second kappa shape index (κ2) is 10.6. The van der Waals surface area contributed by atoms with Crippen molar-refractivity contribution in [3.8, 4) is 0 Å². The van der Waals surface area contributed by atoms with Crippen LogP contribution >= 0.6 is 0 Å². The average Bonchev–Trinajstić information content (AvgIpc) is 2.78. The van der Waals surface area contributed by atoms with E-state index in [0.717, 1.165) is 43.9 Å². The van der Waals surface area contributed by atoms with Crippen LogP contribution in [-0.4, -0.2) is 70.1 Å². The molecule has 0 bridgehead atoms. The molecule has 180 valence electrons. The number of likely N-dealkylation sites (N-methyl/N-ethyl adjacent to an activating group) is 1. The van der Waals surface area contributed by atoms with Crippen LogP contribution in [0.2, 0.25) is 0 Å². The molecule has 1 fully saturated rings. The van der Waals surface area contributed by atoms with Gasteiger partial charge in [-0.2, -0.15) is 13.2 Å². The molecule has 1 aliphatic rings. The Kier molecular flexibility index (Phi) is 8.11. The van der Waals surface area contributed by atoms with E-state index in [1.165, 1.54) is 24.3 Å². The Morgan fingerprint density at radius 3 is 2.09 bits per heavy atom. The largest absolute Gasteiger partial charge is 0.405 e. The van der Waals surface area contributed by atoms with Crippen LogP contribution in [-0.2, 0) is 23.1 Å². The van der Waals surface area contributed by atoms with Crippen LogP contribution in [0.1, 0.15) is 21.5 Å². The van der Waals surface area contributed by atoms with Crippen molar-refractivity contribution in [3.05, 3.63) is 65.2 Å². The first-order valence-electron chi connectivity index (χ1n) is 10.5. The number of sulfonamides is 1. The molecule has 0 radical (unpaired) electrons. The summed E-state index contributed by atoms with van der Waals surface area (Å²) in [6.45, 7) is 3.59. The van der Waals surface area contributed by atoms with Crippen molar-refractivity contribution in [3.63, 3.8) is 0 Å². The fourth-order valence-electron chi connectivity index (χ4n) is 3.36. The molecule has 0 aromatic heterocycles. The SMILES string of the molecule is CN1CCN(Cc2ccc(CNS(=O)(=O)c3ccc(C(=O)NCC(F)(F)F)cc3)cc2)CC1. The third-order valence-corrected chi connectivity index (χ3v) is 6.78. The summed E-state index contributed by atoms with van der Waals surface area (Å²) in [5.74, 6) is -0.930. The molecule has 2 N–H and O–H groups in total. The summed E-state index contributed by atoms with van der Waals surface area (Å²) in [6.07, 6.45) is -4.52. The molecule has 1 aliphatic heterocycles. The second-order valence-electron chi connectivity index (χ2n) is 8.04. The van der Waals surface area contributed by atoms with Crippen molar-refractivity contribution in [2.24, 2.45) is 0 Å². The Labute approximate surface area is 191 Å². The summed E-state index contributed by atoms with van der Waals surface area (Å²) in [6, 6.07) is 12.4. The summed E-state index contributed by atoms with van der Waals surface area (Å²) in [5.41, 5.74) is 1.89. The molecule has 0 atom stereocenters. The molecule has 3 rings (SSSR count). The number of rotatable bonds is 8. The summed E-state index contributed by atoms with van der Waals surface area (Å²) in [5, 5.41) is 1.74. The highest BCUT2D eigenvalue weighted by Crippen LogP contribution is 2.15. The van der Waals surface area contributed by atoms with Crippen LogP contribution < -0.4 is 10.0 Å². The van der Waals surface area contributed by atoms with Gasteiger partial charge in [-0.05, 0) is 42.4 Å². The number of carbonyl (C=O) groups excluding carboxylic acids is 1. The monoisotopic (exact) mass is 484 g/mol. The van der Waals surface area contributed by atoms with E-state index in [1.54, 1.807) is 5.32 Å². The maximum absolute atomic E-state index is 12.5. The zero-order valence-electron chi connectivity index (χ0n) is 18.2. The zero-order chi connectivity index (χ0) is 24.1. The third-order valence-electron chi connectivity index (χ3n) is 5.37. The molecule has 1 heterocycles. The molecule has 11 heteroatoms. The van der Waals surface area contributed by atoms with Gasteiger partial charge in [-0.3, -0.25) is 9.69 Å². The van der Waals surface area contributed by atoms with Gasteiger partial charge >= 0.3 is 6.18 Å². The van der Waals surface area contributed by atoms with Gasteiger partial charge in [0.05, 0.1) is 4.90 Å². The Morgan fingerprint density at radius 1 is 0.939 bits per heavy atom. The number of benzene rings is 2. The van der Waals surface area contributed by atoms with E-state index in [1.807, 2.05) is 24.3 Å². The van der Waals surface area contributed by atoms with Gasteiger partial charge in [0.2, 0.25) is 10.0 Å². The normalized spacial score (nSPS) is 16.0. The van der Waals surface area contributed by atoms with Crippen molar-refractivity contribution < 1.29 is 26.4 Å². The molecule has 33 heavy (non-hydrogen) atoms. The first kappa shape index (κ1) is 25.2. The van der Waals surface area contributed by atoms with Crippen LogP contribution in [0.4, 0.5) is 13.2 Å². The number of amides is 1. The molecule has 2 aromatic carbocycles. The van der Waals surface area contributed by atoms with Gasteiger partial charge in [-0.1, -0.05) is 24.3 Å². The predicted molar refractivity (Wildman–Crippen MR) is 118 cm³/mol. The molecule has 0 aliphatic carbocycles. The van der Waals surface area contributed by atoms with Gasteiger partial charge in [-0.15, -0.1) is 0 Å². The Morgan fingerprint density at radius 2 is 1.52 bits per heavy atom. The first-order chi connectivity index (χ1) is 15.5. The molecule has 0 saturated carbocycles. The number of piperazine rings is 1. The Balaban J connectivity index is 1.52. The lowest BCUT2D eigenvalue weighted by Crippen LogP contribution is -2.43. The van der Waals surface area contributed by atoms with E-state index >= 15 is 0 Å². The third kappa shape index (κ3) is 7.81. The fraction of sp³-hybridized carbons (Fsp3) is 0.409. The van der Waals surface area contributed by atoms with Gasteiger partial charge in [0, 0.05) is 44.8 Å². The predicted octanol–water partition coefficient (Wildman–Crippen LogP) is 2.20. The molecule has 1 saturated heterocycles. The molecule has 7 nitrogen and oxygen atoms in total. The van der Waals surface area contributed by atoms with Crippen molar-refractivity contribution in [2.45, 2.75) is 24.2 Å². The summed E-state index contributed by atoms with van der Waals surface area (Å²) >= 11 is 0. The minimum atomic E-state index is -4.52. The van der Waals surface area contributed by atoms with Gasteiger partial charge in [-0.25, -0.2) is 13.1 Å². The van der Waals surface area contributed by atoms with Crippen LogP contribution in [0.15, 0.2) is 53.4 Å². The smallest absolute Gasteiger partial charge is 0.343 e. The van der Waals surface area contributed by atoms with Crippen molar-refractivity contribution in [2.75, 3.05) is 39.8 Å². The highest BCUT2D eigenvalue weighted by molar-refractivity contribution is 7.89. The molecular formula is C22H27F3N4O3S. The van der Waals surface area contributed by atoms with E-state index < -0.39 is 28.7 Å². The summed E-state index contributed by atoms with van der Waals surface area (Å²) in [7, 11) is -1.74. The zero-order valence-corrected chi connectivity index (χ0v) is 19.0. The van der Waals surface area contributed by atoms with Gasteiger partial charge < -0.3 is 10.2 Å². The Hall–Kier alpha value is -2.47. The molecule has 0 unspecified atom stereocenters. The number of nitrogens with one attached hydrogen (secondary N) is 2. The van der Waals surface area contributed by atoms with Crippen LogP contribution in [0.25, 0.3) is 0 Å². The molecular weight excluding hydrogens is 457 g/mol. The van der Waals surface area contributed by atoms with Crippen molar-refractivity contribution in [1.29, 1.82) is 0 Å². The van der Waals surface area contributed by atoms with Crippen LogP contribution in [0.3, 0.4) is 0 Å². The number of alkyl halides is 3. The number of hydrogen-bond donors (Lipinski definition) is 2. The van der Waals surface area contributed by atoms with Gasteiger partial charge in [0.15, 0.2) is 0 Å². The highest BCUT2D eigenvalue weighted by atomic mass is 32.2. The molecule has 0 spiro atoms. The van der Waals surface area contributed by atoms with Crippen LogP contribution in [0.5, 0.6) is 0 Å². The number of carbonyl (C=O) groups is 1. The Bertz CT molecular complexity index is 1030. The van der Waals surface area contributed by atoms with Crippen molar-refractivity contribution in [1.82, 2.24) is 19.8 Å². The van der Waals surface area contributed by atoms with Crippen molar-refractivity contribution >= 4 is 15.9 Å². The lowest BCUT2D eigenvalue weighted by molar-refractivity contribution is -0.123.